The highest BCUT2D eigenvalue weighted by molar-refractivity contribution is 7.18. The Hall–Kier alpha value is -3.02. The number of benzene rings is 3. The molecule has 0 atom stereocenters. The Balaban J connectivity index is 1.28. The normalized spacial score (nSPS) is 14.9. The molecule has 0 N–H and O–H groups in total. The number of nitrogens with zero attached hydrogens (tertiary/aromatic N) is 3. The molecular formula is C26H25N3OS. The van der Waals surface area contributed by atoms with Crippen molar-refractivity contribution in [1.82, 2.24) is 14.8 Å². The zero-order valence-corrected chi connectivity index (χ0v) is 18.2. The molecule has 3 aromatic carbocycles. The lowest BCUT2D eigenvalue weighted by atomic mass is 9.90. The number of para-hydroxylation sites is 1. The molecule has 1 aliphatic heterocycles. The fourth-order valence-electron chi connectivity index (χ4n) is 4.26. The van der Waals surface area contributed by atoms with E-state index in [4.69, 9.17) is 4.98 Å². The molecule has 4 nitrogen and oxygen atoms in total. The van der Waals surface area contributed by atoms with Gasteiger partial charge in [0.25, 0.3) is 0 Å². The molecule has 5 heteroatoms. The summed E-state index contributed by atoms with van der Waals surface area (Å²) in [4.78, 5) is 22.8. The SMILES string of the molecule is O=C(C(c1ccccc1)c1ccccc1)N1CCN(Cc2nc3ccccc3s2)CC1. The van der Waals surface area contributed by atoms with Gasteiger partial charge in [-0.3, -0.25) is 9.69 Å². The third kappa shape index (κ3) is 4.38. The quantitative estimate of drug-likeness (QED) is 0.460. The van der Waals surface area contributed by atoms with E-state index in [1.165, 1.54) is 4.70 Å². The Kier molecular flexibility index (Phi) is 5.78. The zero-order valence-electron chi connectivity index (χ0n) is 17.4. The summed E-state index contributed by atoms with van der Waals surface area (Å²) < 4.78 is 1.24. The predicted octanol–water partition coefficient (Wildman–Crippen LogP) is 4.77. The van der Waals surface area contributed by atoms with Crippen LogP contribution >= 0.6 is 11.3 Å². The van der Waals surface area contributed by atoms with Crippen molar-refractivity contribution in [2.24, 2.45) is 0 Å². The highest BCUT2D eigenvalue weighted by Gasteiger charge is 2.30. The number of rotatable bonds is 5. The van der Waals surface area contributed by atoms with Crippen LogP contribution in [0.15, 0.2) is 84.9 Å². The van der Waals surface area contributed by atoms with Gasteiger partial charge in [-0.15, -0.1) is 11.3 Å². The Morgan fingerprint density at radius 2 is 1.39 bits per heavy atom. The third-order valence-corrected chi connectivity index (χ3v) is 6.91. The fourth-order valence-corrected chi connectivity index (χ4v) is 5.27. The van der Waals surface area contributed by atoms with Gasteiger partial charge in [-0.2, -0.15) is 0 Å². The predicted molar refractivity (Wildman–Crippen MR) is 126 cm³/mol. The minimum absolute atomic E-state index is 0.192. The molecule has 0 radical (unpaired) electrons. The first-order chi connectivity index (χ1) is 15.3. The Morgan fingerprint density at radius 1 is 0.806 bits per heavy atom. The standard InChI is InChI=1S/C26H25N3OS/c30-26(25(20-9-3-1-4-10-20)21-11-5-2-6-12-21)29-17-15-28(16-18-29)19-24-27-22-13-7-8-14-23(22)31-24/h1-14,25H,15-19H2. The molecular weight excluding hydrogens is 402 g/mol. The monoisotopic (exact) mass is 427 g/mol. The van der Waals surface area contributed by atoms with Crippen molar-refractivity contribution < 1.29 is 4.79 Å². The molecule has 1 aromatic heterocycles. The summed E-state index contributed by atoms with van der Waals surface area (Å²) in [5.74, 6) is -0.0600. The van der Waals surface area contributed by atoms with Crippen LogP contribution in [0.3, 0.4) is 0 Å². The molecule has 0 unspecified atom stereocenters. The summed E-state index contributed by atoms with van der Waals surface area (Å²) in [7, 11) is 0. The second kappa shape index (κ2) is 9.00. The van der Waals surface area contributed by atoms with Crippen molar-refractivity contribution in [1.29, 1.82) is 0 Å². The van der Waals surface area contributed by atoms with E-state index in [0.29, 0.717) is 0 Å². The molecule has 1 amide bonds. The topological polar surface area (TPSA) is 36.4 Å². The van der Waals surface area contributed by atoms with Crippen LogP contribution in [0.2, 0.25) is 0 Å². The van der Waals surface area contributed by atoms with Crippen LogP contribution < -0.4 is 0 Å². The van der Waals surface area contributed by atoms with Crippen LogP contribution in [0.5, 0.6) is 0 Å². The van der Waals surface area contributed by atoms with E-state index in [-0.39, 0.29) is 11.8 Å². The van der Waals surface area contributed by atoms with Gasteiger partial charge in [0, 0.05) is 26.2 Å². The summed E-state index contributed by atoms with van der Waals surface area (Å²) in [5, 5.41) is 1.15. The van der Waals surface area contributed by atoms with Crippen LogP contribution in [0.4, 0.5) is 0 Å². The summed E-state index contributed by atoms with van der Waals surface area (Å²) in [6.45, 7) is 4.10. The van der Waals surface area contributed by atoms with Gasteiger partial charge in [0.15, 0.2) is 0 Å². The average Bonchev–Trinajstić information content (AvgIpc) is 3.23. The van der Waals surface area contributed by atoms with Crippen LogP contribution in [-0.2, 0) is 11.3 Å². The largest absolute Gasteiger partial charge is 0.339 e. The zero-order chi connectivity index (χ0) is 21.0. The van der Waals surface area contributed by atoms with Crippen LogP contribution in [0, 0.1) is 0 Å². The minimum atomic E-state index is -0.252. The molecule has 0 aliphatic carbocycles. The Morgan fingerprint density at radius 3 is 2.00 bits per heavy atom. The van der Waals surface area contributed by atoms with Crippen molar-refractivity contribution in [3.8, 4) is 0 Å². The minimum Gasteiger partial charge on any atom is -0.339 e. The van der Waals surface area contributed by atoms with E-state index >= 15 is 0 Å². The summed E-state index contributed by atoms with van der Waals surface area (Å²) in [5.41, 5.74) is 3.18. The molecule has 2 heterocycles. The van der Waals surface area contributed by atoms with Gasteiger partial charge in [-0.1, -0.05) is 72.8 Å². The molecule has 1 fully saturated rings. The molecule has 1 aliphatic rings. The summed E-state index contributed by atoms with van der Waals surface area (Å²) in [6, 6.07) is 28.5. The summed E-state index contributed by atoms with van der Waals surface area (Å²) in [6.07, 6.45) is 0. The first-order valence-electron chi connectivity index (χ1n) is 10.7. The van der Waals surface area contributed by atoms with E-state index < -0.39 is 0 Å². The molecule has 0 bridgehead atoms. The lowest BCUT2D eigenvalue weighted by Crippen LogP contribution is -2.49. The maximum absolute atomic E-state index is 13.6. The number of carbonyl (C=O) groups is 1. The molecule has 4 aromatic rings. The Bertz CT molecular complexity index is 1080. The van der Waals surface area contributed by atoms with E-state index in [2.05, 4.69) is 47.4 Å². The number of thiazole rings is 1. The maximum atomic E-state index is 13.6. The maximum Gasteiger partial charge on any atom is 0.234 e. The number of hydrogen-bond donors (Lipinski definition) is 0. The second-order valence-electron chi connectivity index (χ2n) is 7.93. The van der Waals surface area contributed by atoms with E-state index in [1.54, 1.807) is 11.3 Å². The lowest BCUT2D eigenvalue weighted by Gasteiger charge is -2.36. The van der Waals surface area contributed by atoms with Gasteiger partial charge in [0.1, 0.15) is 5.01 Å². The van der Waals surface area contributed by atoms with Crippen molar-refractivity contribution in [3.63, 3.8) is 0 Å². The van der Waals surface area contributed by atoms with Gasteiger partial charge < -0.3 is 4.90 Å². The van der Waals surface area contributed by atoms with Crippen molar-refractivity contribution in [2.45, 2.75) is 12.5 Å². The number of piperazine rings is 1. The van der Waals surface area contributed by atoms with Crippen molar-refractivity contribution in [2.75, 3.05) is 26.2 Å². The second-order valence-corrected chi connectivity index (χ2v) is 9.05. The van der Waals surface area contributed by atoms with Crippen molar-refractivity contribution in [3.05, 3.63) is 101 Å². The van der Waals surface area contributed by atoms with Gasteiger partial charge in [0.2, 0.25) is 5.91 Å². The first-order valence-corrected chi connectivity index (χ1v) is 11.5. The van der Waals surface area contributed by atoms with Crippen LogP contribution in [-0.4, -0.2) is 46.9 Å². The van der Waals surface area contributed by atoms with E-state index in [0.717, 1.165) is 54.4 Å². The number of amides is 1. The van der Waals surface area contributed by atoms with Crippen molar-refractivity contribution >= 4 is 27.5 Å². The average molecular weight is 428 g/mol. The number of hydrogen-bond acceptors (Lipinski definition) is 4. The van der Waals surface area contributed by atoms with E-state index in [1.807, 2.05) is 47.4 Å². The fraction of sp³-hybridized carbons (Fsp3) is 0.231. The van der Waals surface area contributed by atoms with Gasteiger partial charge in [-0.25, -0.2) is 4.98 Å². The molecule has 31 heavy (non-hydrogen) atoms. The first kappa shape index (κ1) is 19.9. The highest BCUT2D eigenvalue weighted by Crippen LogP contribution is 2.28. The number of aromatic nitrogens is 1. The number of carbonyl (C=O) groups excluding carboxylic acids is 1. The van der Waals surface area contributed by atoms with E-state index in [9.17, 15) is 4.79 Å². The molecule has 0 saturated carbocycles. The van der Waals surface area contributed by atoms with Gasteiger partial charge in [-0.05, 0) is 23.3 Å². The molecule has 156 valence electrons. The lowest BCUT2D eigenvalue weighted by molar-refractivity contribution is -0.133. The van der Waals surface area contributed by atoms with Gasteiger partial charge in [0.05, 0.1) is 22.7 Å². The molecule has 0 spiro atoms. The highest BCUT2D eigenvalue weighted by atomic mass is 32.1. The summed E-state index contributed by atoms with van der Waals surface area (Å²) >= 11 is 1.76. The molecule has 5 rings (SSSR count). The third-order valence-electron chi connectivity index (χ3n) is 5.89. The smallest absolute Gasteiger partial charge is 0.234 e. The Labute approximate surface area is 186 Å². The van der Waals surface area contributed by atoms with Crippen LogP contribution in [0.1, 0.15) is 22.1 Å². The molecule has 1 saturated heterocycles. The number of fused-ring (bicyclic) bond motifs is 1. The van der Waals surface area contributed by atoms with Crippen LogP contribution in [0.25, 0.3) is 10.2 Å². The van der Waals surface area contributed by atoms with Gasteiger partial charge >= 0.3 is 0 Å².